The molecule has 0 N–H and O–H groups in total. The summed E-state index contributed by atoms with van der Waals surface area (Å²) in [6.45, 7) is 1.15. The first-order chi connectivity index (χ1) is 7.45. The van der Waals surface area contributed by atoms with E-state index in [2.05, 4.69) is 46.0 Å². The summed E-state index contributed by atoms with van der Waals surface area (Å²) < 4.78 is 0. The molecule has 2 aromatic rings. The Bertz CT molecular complexity index is 447. The summed E-state index contributed by atoms with van der Waals surface area (Å²) in [4.78, 5) is 2.43. The summed E-state index contributed by atoms with van der Waals surface area (Å²) in [6.07, 6.45) is 2.48. The van der Waals surface area contributed by atoms with E-state index in [1.807, 2.05) is 0 Å². The number of para-hydroxylation sites is 1. The maximum absolute atomic E-state index is 2.43. The van der Waals surface area contributed by atoms with Gasteiger partial charge in [0.15, 0.2) is 0 Å². The Morgan fingerprint density at radius 3 is 2.93 bits per heavy atom. The maximum atomic E-state index is 2.43. The van der Waals surface area contributed by atoms with Crippen LogP contribution in [0.15, 0.2) is 41.1 Å². The zero-order valence-corrected chi connectivity index (χ0v) is 9.33. The third-order valence-electron chi connectivity index (χ3n) is 2.93. The SMILES string of the molecule is c1ccc2c(c1)CCCN2c1ccsc1. The van der Waals surface area contributed by atoms with Gasteiger partial charge in [-0.05, 0) is 35.9 Å². The molecule has 1 nitrogen and oxygen atoms in total. The molecule has 1 aliphatic heterocycles. The van der Waals surface area contributed by atoms with Gasteiger partial charge in [-0.25, -0.2) is 0 Å². The molecule has 0 bridgehead atoms. The first-order valence-electron chi connectivity index (χ1n) is 5.33. The van der Waals surface area contributed by atoms with Crippen molar-refractivity contribution in [1.82, 2.24) is 0 Å². The Morgan fingerprint density at radius 1 is 1.13 bits per heavy atom. The van der Waals surface area contributed by atoms with Gasteiger partial charge in [-0.15, -0.1) is 0 Å². The first kappa shape index (κ1) is 8.98. The molecule has 0 saturated heterocycles. The molecular weight excluding hydrogens is 202 g/mol. The maximum Gasteiger partial charge on any atom is 0.0519 e. The van der Waals surface area contributed by atoms with Crippen LogP contribution < -0.4 is 4.90 Å². The number of anilines is 2. The van der Waals surface area contributed by atoms with E-state index in [4.69, 9.17) is 0 Å². The third-order valence-corrected chi connectivity index (χ3v) is 3.60. The van der Waals surface area contributed by atoms with Crippen molar-refractivity contribution in [2.24, 2.45) is 0 Å². The average Bonchev–Trinajstić information content (AvgIpc) is 2.82. The van der Waals surface area contributed by atoms with E-state index in [-0.39, 0.29) is 0 Å². The van der Waals surface area contributed by atoms with Crippen molar-refractivity contribution >= 4 is 22.7 Å². The van der Waals surface area contributed by atoms with Crippen LogP contribution in [0.1, 0.15) is 12.0 Å². The Balaban J connectivity index is 2.06. The molecule has 3 rings (SSSR count). The molecule has 2 heterocycles. The molecule has 76 valence electrons. The summed E-state index contributed by atoms with van der Waals surface area (Å²) in [5.74, 6) is 0. The highest BCUT2D eigenvalue weighted by Crippen LogP contribution is 2.33. The molecule has 0 atom stereocenters. The van der Waals surface area contributed by atoms with Crippen molar-refractivity contribution in [3.8, 4) is 0 Å². The average molecular weight is 215 g/mol. The van der Waals surface area contributed by atoms with Crippen molar-refractivity contribution in [2.75, 3.05) is 11.4 Å². The topological polar surface area (TPSA) is 3.24 Å². The molecule has 0 unspecified atom stereocenters. The quantitative estimate of drug-likeness (QED) is 0.698. The number of nitrogens with zero attached hydrogens (tertiary/aromatic N) is 1. The summed E-state index contributed by atoms with van der Waals surface area (Å²) in [5.41, 5.74) is 4.21. The molecule has 1 aromatic carbocycles. The second-order valence-electron chi connectivity index (χ2n) is 3.87. The van der Waals surface area contributed by atoms with E-state index in [0.29, 0.717) is 0 Å². The number of aryl methyl sites for hydroxylation is 1. The monoisotopic (exact) mass is 215 g/mol. The van der Waals surface area contributed by atoms with Crippen LogP contribution in [0.4, 0.5) is 11.4 Å². The lowest BCUT2D eigenvalue weighted by Gasteiger charge is -2.30. The van der Waals surface area contributed by atoms with Crippen molar-refractivity contribution in [3.63, 3.8) is 0 Å². The Kier molecular flexibility index (Phi) is 2.22. The van der Waals surface area contributed by atoms with E-state index in [9.17, 15) is 0 Å². The largest absolute Gasteiger partial charge is 0.341 e. The number of benzene rings is 1. The predicted molar refractivity (Wildman–Crippen MR) is 66.1 cm³/mol. The second kappa shape index (κ2) is 3.70. The van der Waals surface area contributed by atoms with E-state index in [1.54, 1.807) is 11.3 Å². The highest BCUT2D eigenvalue weighted by molar-refractivity contribution is 7.08. The Labute approximate surface area is 94.0 Å². The summed E-state index contributed by atoms with van der Waals surface area (Å²) >= 11 is 1.77. The molecule has 15 heavy (non-hydrogen) atoms. The minimum Gasteiger partial charge on any atom is -0.341 e. The van der Waals surface area contributed by atoms with Crippen LogP contribution in [0.3, 0.4) is 0 Å². The van der Waals surface area contributed by atoms with Gasteiger partial charge in [0.05, 0.1) is 5.69 Å². The van der Waals surface area contributed by atoms with Gasteiger partial charge in [0.1, 0.15) is 0 Å². The summed E-state index contributed by atoms with van der Waals surface area (Å²) in [6, 6.07) is 10.9. The lowest BCUT2D eigenvalue weighted by Crippen LogP contribution is -2.23. The molecule has 2 heteroatoms. The van der Waals surface area contributed by atoms with Crippen molar-refractivity contribution in [1.29, 1.82) is 0 Å². The van der Waals surface area contributed by atoms with Gasteiger partial charge < -0.3 is 4.90 Å². The number of hydrogen-bond donors (Lipinski definition) is 0. The minimum absolute atomic E-state index is 1.15. The lowest BCUT2D eigenvalue weighted by molar-refractivity contribution is 0.768. The molecule has 0 fully saturated rings. The van der Waals surface area contributed by atoms with Crippen molar-refractivity contribution in [3.05, 3.63) is 46.7 Å². The molecular formula is C13H13NS. The van der Waals surface area contributed by atoms with Gasteiger partial charge in [-0.2, -0.15) is 11.3 Å². The van der Waals surface area contributed by atoms with Crippen LogP contribution in [0.25, 0.3) is 0 Å². The lowest BCUT2D eigenvalue weighted by atomic mass is 10.0. The molecule has 1 aromatic heterocycles. The zero-order chi connectivity index (χ0) is 10.1. The Hall–Kier alpha value is -1.28. The van der Waals surface area contributed by atoms with Gasteiger partial charge in [0.25, 0.3) is 0 Å². The molecule has 0 radical (unpaired) electrons. The standard InChI is InChI=1S/C13H13NS/c1-2-6-13-11(4-1)5-3-8-14(13)12-7-9-15-10-12/h1-2,4,6-7,9-10H,3,5,8H2. The van der Waals surface area contributed by atoms with Gasteiger partial charge in [-0.3, -0.25) is 0 Å². The normalized spacial score (nSPS) is 15.1. The molecule has 0 amide bonds. The fourth-order valence-electron chi connectivity index (χ4n) is 2.21. The van der Waals surface area contributed by atoms with Crippen LogP contribution in [-0.4, -0.2) is 6.54 Å². The zero-order valence-electron chi connectivity index (χ0n) is 8.52. The summed E-state index contributed by atoms with van der Waals surface area (Å²) in [7, 11) is 0. The molecule has 0 spiro atoms. The first-order valence-corrected chi connectivity index (χ1v) is 6.27. The van der Waals surface area contributed by atoms with Crippen LogP contribution in [0, 0.1) is 0 Å². The van der Waals surface area contributed by atoms with E-state index in [1.165, 1.54) is 29.8 Å². The van der Waals surface area contributed by atoms with Crippen molar-refractivity contribution < 1.29 is 0 Å². The second-order valence-corrected chi connectivity index (χ2v) is 4.65. The van der Waals surface area contributed by atoms with Gasteiger partial charge in [0, 0.05) is 17.6 Å². The molecule has 1 aliphatic rings. The number of rotatable bonds is 1. The predicted octanol–water partition coefficient (Wildman–Crippen LogP) is 3.83. The fraction of sp³-hybridized carbons (Fsp3) is 0.231. The van der Waals surface area contributed by atoms with Crippen LogP contribution in [-0.2, 0) is 6.42 Å². The van der Waals surface area contributed by atoms with Crippen LogP contribution in [0.2, 0.25) is 0 Å². The van der Waals surface area contributed by atoms with Crippen LogP contribution in [0.5, 0.6) is 0 Å². The van der Waals surface area contributed by atoms with Gasteiger partial charge in [-0.1, -0.05) is 18.2 Å². The molecule has 0 saturated carbocycles. The Morgan fingerprint density at radius 2 is 2.07 bits per heavy atom. The minimum atomic E-state index is 1.15. The van der Waals surface area contributed by atoms with Gasteiger partial charge in [0.2, 0.25) is 0 Å². The van der Waals surface area contributed by atoms with E-state index >= 15 is 0 Å². The highest BCUT2D eigenvalue weighted by atomic mass is 32.1. The number of hydrogen-bond acceptors (Lipinski definition) is 2. The smallest absolute Gasteiger partial charge is 0.0519 e. The summed E-state index contributed by atoms with van der Waals surface area (Å²) in [5, 5.41) is 4.37. The molecule has 0 aliphatic carbocycles. The van der Waals surface area contributed by atoms with E-state index in [0.717, 1.165) is 6.54 Å². The highest BCUT2D eigenvalue weighted by Gasteiger charge is 2.17. The third kappa shape index (κ3) is 1.55. The van der Waals surface area contributed by atoms with Crippen molar-refractivity contribution in [2.45, 2.75) is 12.8 Å². The number of fused-ring (bicyclic) bond motifs is 1. The number of thiophene rings is 1. The van der Waals surface area contributed by atoms with Crippen LogP contribution >= 0.6 is 11.3 Å². The fourth-order valence-corrected chi connectivity index (χ4v) is 2.85. The van der Waals surface area contributed by atoms with E-state index < -0.39 is 0 Å². The van der Waals surface area contributed by atoms with Gasteiger partial charge >= 0.3 is 0 Å².